The number of likely N-dealkylation sites (tertiary alicyclic amines) is 1. The van der Waals surface area contributed by atoms with Gasteiger partial charge in [-0.25, -0.2) is 4.39 Å². The predicted octanol–water partition coefficient (Wildman–Crippen LogP) is 2.50. The van der Waals surface area contributed by atoms with Gasteiger partial charge in [-0.2, -0.15) is 0 Å². The molecule has 2 rings (SSSR count). The smallest absolute Gasteiger partial charge is 0.234 e. The molecule has 21 heavy (non-hydrogen) atoms. The highest BCUT2D eigenvalue weighted by Crippen LogP contribution is 2.22. The normalized spacial score (nSPS) is 16.7. The minimum absolute atomic E-state index is 0.0151. The summed E-state index contributed by atoms with van der Waals surface area (Å²) in [7, 11) is 0. The van der Waals surface area contributed by atoms with Crippen LogP contribution in [0.1, 0.15) is 38.3 Å². The molecule has 1 aliphatic heterocycles. The lowest BCUT2D eigenvalue weighted by Gasteiger charge is -2.18. The van der Waals surface area contributed by atoms with Crippen LogP contribution in [0.25, 0.3) is 0 Å². The Morgan fingerprint density at radius 1 is 1.43 bits per heavy atom. The first-order chi connectivity index (χ1) is 10.1. The maximum Gasteiger partial charge on any atom is 0.234 e. The van der Waals surface area contributed by atoms with Crippen LogP contribution in [-0.4, -0.2) is 37.0 Å². The third-order valence-electron chi connectivity index (χ3n) is 3.70. The topological polar surface area (TPSA) is 41.6 Å². The van der Waals surface area contributed by atoms with Gasteiger partial charge in [-0.1, -0.05) is 6.07 Å². The number of benzene rings is 1. The van der Waals surface area contributed by atoms with Gasteiger partial charge in [0.1, 0.15) is 0 Å². The van der Waals surface area contributed by atoms with Crippen molar-refractivity contribution < 1.29 is 13.9 Å². The number of ether oxygens (including phenoxy) is 1. The minimum atomic E-state index is -0.394. The number of hydrogen-bond acceptors (Lipinski definition) is 3. The summed E-state index contributed by atoms with van der Waals surface area (Å²) in [6.07, 6.45) is 2.32. The lowest BCUT2D eigenvalue weighted by atomic mass is 10.1. The molecule has 116 valence electrons. The van der Waals surface area contributed by atoms with Crippen LogP contribution >= 0.6 is 0 Å². The van der Waals surface area contributed by atoms with Gasteiger partial charge in [0.05, 0.1) is 19.2 Å². The fourth-order valence-electron chi connectivity index (χ4n) is 2.57. The molecule has 1 N–H and O–H groups in total. The van der Waals surface area contributed by atoms with E-state index in [-0.39, 0.29) is 17.7 Å². The summed E-state index contributed by atoms with van der Waals surface area (Å²) in [5.41, 5.74) is 0.741. The summed E-state index contributed by atoms with van der Waals surface area (Å²) in [5.74, 6) is -0.162. The van der Waals surface area contributed by atoms with Gasteiger partial charge in [0.15, 0.2) is 11.6 Å². The highest BCUT2D eigenvalue weighted by atomic mass is 19.1. The second-order valence-corrected chi connectivity index (χ2v) is 5.40. The first kappa shape index (κ1) is 15.8. The standard InChI is InChI=1S/C16H23FN2O2/c1-3-21-15-7-6-13(10-14(15)17)12(2)18-16(20)11-19-8-4-5-9-19/h6-7,10,12H,3-5,8-9,11H2,1-2H3,(H,18,20)/t12-/m1/s1. The van der Waals surface area contributed by atoms with E-state index in [1.54, 1.807) is 12.1 Å². The van der Waals surface area contributed by atoms with Gasteiger partial charge in [-0.05, 0) is 57.5 Å². The van der Waals surface area contributed by atoms with Crippen molar-refractivity contribution in [3.63, 3.8) is 0 Å². The Bertz CT molecular complexity index is 487. The van der Waals surface area contributed by atoms with Crippen LogP contribution in [0.15, 0.2) is 18.2 Å². The Labute approximate surface area is 125 Å². The molecule has 0 unspecified atom stereocenters. The molecule has 0 radical (unpaired) electrons. The fraction of sp³-hybridized carbons (Fsp3) is 0.562. The summed E-state index contributed by atoms with van der Waals surface area (Å²) in [6.45, 7) is 6.49. The number of carbonyl (C=O) groups excluding carboxylic acids is 1. The van der Waals surface area contributed by atoms with Crippen molar-refractivity contribution in [1.82, 2.24) is 10.2 Å². The van der Waals surface area contributed by atoms with Crippen LogP contribution in [0.4, 0.5) is 4.39 Å². The van der Waals surface area contributed by atoms with Crippen LogP contribution < -0.4 is 10.1 Å². The zero-order valence-electron chi connectivity index (χ0n) is 12.7. The lowest BCUT2D eigenvalue weighted by molar-refractivity contribution is -0.122. The average molecular weight is 294 g/mol. The van der Waals surface area contributed by atoms with Crippen molar-refractivity contribution in [2.45, 2.75) is 32.7 Å². The zero-order chi connectivity index (χ0) is 15.2. The molecule has 1 aliphatic rings. The summed E-state index contributed by atoms with van der Waals surface area (Å²) in [6, 6.07) is 4.60. The Balaban J connectivity index is 1.91. The quantitative estimate of drug-likeness (QED) is 0.876. The number of nitrogens with zero attached hydrogens (tertiary/aromatic N) is 1. The molecule has 1 aromatic carbocycles. The molecule has 1 aromatic rings. The van der Waals surface area contributed by atoms with E-state index < -0.39 is 5.82 Å². The van der Waals surface area contributed by atoms with Gasteiger partial charge in [-0.15, -0.1) is 0 Å². The molecule has 0 aromatic heterocycles. The first-order valence-electron chi connectivity index (χ1n) is 7.54. The Hall–Kier alpha value is -1.62. The molecule has 0 aliphatic carbocycles. The van der Waals surface area contributed by atoms with E-state index in [9.17, 15) is 9.18 Å². The molecule has 0 saturated carbocycles. The van der Waals surface area contributed by atoms with Crippen LogP contribution in [0.2, 0.25) is 0 Å². The molecule has 1 saturated heterocycles. The van der Waals surface area contributed by atoms with Crippen LogP contribution in [0.3, 0.4) is 0 Å². The second-order valence-electron chi connectivity index (χ2n) is 5.40. The maximum absolute atomic E-state index is 13.8. The first-order valence-corrected chi connectivity index (χ1v) is 7.54. The van der Waals surface area contributed by atoms with E-state index in [0.717, 1.165) is 31.5 Å². The van der Waals surface area contributed by atoms with E-state index in [1.807, 2.05) is 13.8 Å². The van der Waals surface area contributed by atoms with E-state index >= 15 is 0 Å². The Kier molecular flexibility index (Phi) is 5.56. The van der Waals surface area contributed by atoms with Gasteiger partial charge >= 0.3 is 0 Å². The molecular formula is C16H23FN2O2. The molecule has 1 heterocycles. The van der Waals surface area contributed by atoms with E-state index in [1.165, 1.54) is 6.07 Å². The largest absolute Gasteiger partial charge is 0.491 e. The zero-order valence-corrected chi connectivity index (χ0v) is 12.7. The number of halogens is 1. The molecular weight excluding hydrogens is 271 g/mol. The number of nitrogens with one attached hydrogen (secondary N) is 1. The SMILES string of the molecule is CCOc1ccc([C@@H](C)NC(=O)CN2CCCC2)cc1F. The number of hydrogen-bond donors (Lipinski definition) is 1. The highest BCUT2D eigenvalue weighted by Gasteiger charge is 2.17. The van der Waals surface area contributed by atoms with Crippen LogP contribution in [0.5, 0.6) is 5.75 Å². The molecule has 4 nitrogen and oxygen atoms in total. The third kappa shape index (κ3) is 4.43. The Morgan fingerprint density at radius 2 is 2.14 bits per heavy atom. The number of rotatable bonds is 6. The van der Waals surface area contributed by atoms with Gasteiger partial charge < -0.3 is 10.1 Å². The molecule has 0 spiro atoms. The predicted molar refractivity (Wildman–Crippen MR) is 79.8 cm³/mol. The summed E-state index contributed by atoms with van der Waals surface area (Å²) >= 11 is 0. The van der Waals surface area contributed by atoms with Crippen molar-refractivity contribution >= 4 is 5.91 Å². The van der Waals surface area contributed by atoms with Gasteiger partial charge in [0.25, 0.3) is 0 Å². The van der Waals surface area contributed by atoms with Crippen LogP contribution in [0, 0.1) is 5.82 Å². The monoisotopic (exact) mass is 294 g/mol. The van der Waals surface area contributed by atoms with E-state index in [4.69, 9.17) is 4.74 Å². The molecule has 5 heteroatoms. The lowest BCUT2D eigenvalue weighted by Crippen LogP contribution is -2.36. The van der Waals surface area contributed by atoms with Crippen molar-refractivity contribution in [2.75, 3.05) is 26.2 Å². The van der Waals surface area contributed by atoms with Crippen LogP contribution in [-0.2, 0) is 4.79 Å². The third-order valence-corrected chi connectivity index (χ3v) is 3.70. The highest BCUT2D eigenvalue weighted by molar-refractivity contribution is 5.78. The molecule has 0 bridgehead atoms. The molecule has 1 amide bonds. The Morgan fingerprint density at radius 3 is 2.76 bits per heavy atom. The van der Waals surface area contributed by atoms with Crippen molar-refractivity contribution in [3.8, 4) is 5.75 Å². The van der Waals surface area contributed by atoms with E-state index in [0.29, 0.717) is 13.2 Å². The summed E-state index contributed by atoms with van der Waals surface area (Å²) in [5, 5.41) is 2.91. The van der Waals surface area contributed by atoms with Crippen molar-refractivity contribution in [3.05, 3.63) is 29.6 Å². The second kappa shape index (κ2) is 7.41. The summed E-state index contributed by atoms with van der Waals surface area (Å²) < 4.78 is 19.0. The van der Waals surface area contributed by atoms with Crippen molar-refractivity contribution in [1.29, 1.82) is 0 Å². The molecule has 1 atom stereocenters. The number of carbonyl (C=O) groups is 1. The van der Waals surface area contributed by atoms with Gasteiger partial charge in [0.2, 0.25) is 5.91 Å². The van der Waals surface area contributed by atoms with Gasteiger partial charge in [-0.3, -0.25) is 9.69 Å². The van der Waals surface area contributed by atoms with Gasteiger partial charge in [0, 0.05) is 0 Å². The van der Waals surface area contributed by atoms with E-state index in [2.05, 4.69) is 10.2 Å². The van der Waals surface area contributed by atoms with Crippen molar-refractivity contribution in [2.24, 2.45) is 0 Å². The summed E-state index contributed by atoms with van der Waals surface area (Å²) in [4.78, 5) is 14.1. The fourth-order valence-corrected chi connectivity index (χ4v) is 2.57. The minimum Gasteiger partial charge on any atom is -0.491 e. The molecule has 1 fully saturated rings. The maximum atomic E-state index is 13.8. The number of amides is 1. The average Bonchev–Trinajstić information content (AvgIpc) is 2.93.